The molecule has 0 atom stereocenters. The number of benzene rings is 2. The molecule has 0 N–H and O–H groups in total. The van der Waals surface area contributed by atoms with Crippen LogP contribution in [0.3, 0.4) is 0 Å². The van der Waals surface area contributed by atoms with E-state index < -0.39 is 18.5 Å². The molecule has 1 amide bonds. The molecule has 4 rings (SSSR count). The van der Waals surface area contributed by atoms with Crippen molar-refractivity contribution in [2.45, 2.75) is 12.8 Å². The van der Waals surface area contributed by atoms with E-state index >= 15 is 0 Å². The van der Waals surface area contributed by atoms with Crippen LogP contribution in [0.25, 0.3) is 11.3 Å². The molecule has 2 aromatic heterocycles. The van der Waals surface area contributed by atoms with Crippen molar-refractivity contribution in [1.82, 2.24) is 10.1 Å². The molecule has 0 aliphatic heterocycles. The van der Waals surface area contributed by atoms with Gasteiger partial charge in [-0.2, -0.15) is 13.2 Å². The van der Waals surface area contributed by atoms with Gasteiger partial charge in [0, 0.05) is 30.6 Å². The number of nitrogens with zero attached hydrogens (tertiary/aromatic N) is 3. The number of rotatable bonds is 6. The van der Waals surface area contributed by atoms with Crippen molar-refractivity contribution < 1.29 is 27.2 Å². The van der Waals surface area contributed by atoms with Crippen LogP contribution in [0.15, 0.2) is 83.5 Å². The third-order valence-corrected chi connectivity index (χ3v) is 4.89. The number of hydrogen-bond donors (Lipinski definition) is 0. The highest BCUT2D eigenvalue weighted by Crippen LogP contribution is 2.37. The van der Waals surface area contributed by atoms with Crippen molar-refractivity contribution in [3.63, 3.8) is 0 Å². The Morgan fingerprint density at radius 3 is 2.27 bits per heavy atom. The lowest BCUT2D eigenvalue weighted by atomic mass is 10.1. The number of pyridine rings is 1. The molecule has 0 unspecified atom stereocenters. The third-order valence-electron chi connectivity index (χ3n) is 4.89. The largest absolute Gasteiger partial charge is 0.473 e. The maximum atomic E-state index is 13.4. The first-order valence-corrected chi connectivity index (χ1v) is 9.87. The van der Waals surface area contributed by atoms with Crippen LogP contribution in [-0.2, 0) is 12.8 Å². The minimum atomic E-state index is -4.73. The minimum Gasteiger partial charge on any atom is -0.473 e. The number of para-hydroxylation sites is 1. The van der Waals surface area contributed by atoms with Crippen LogP contribution < -0.4 is 9.64 Å². The standard InChI is InChI=1S/C24H18F3N3O3/c1-30(18-10-6-3-7-11-18)23(31)17-12-13-20(28-14-17)32-15-19-21(16-8-4-2-5-9-16)29-33-22(19)24(25,26)27/h2-14H,15H2,1H3. The smallest absolute Gasteiger partial charge is 0.452 e. The molecule has 2 heterocycles. The summed E-state index contributed by atoms with van der Waals surface area (Å²) in [5, 5.41) is 3.61. The fourth-order valence-electron chi connectivity index (χ4n) is 3.19. The first-order valence-electron chi connectivity index (χ1n) is 9.87. The summed E-state index contributed by atoms with van der Waals surface area (Å²) in [6.07, 6.45) is -3.42. The highest BCUT2D eigenvalue weighted by molar-refractivity contribution is 6.05. The Kier molecular flexibility index (Phi) is 6.12. The van der Waals surface area contributed by atoms with Gasteiger partial charge in [-0.1, -0.05) is 53.7 Å². The molecule has 33 heavy (non-hydrogen) atoms. The van der Waals surface area contributed by atoms with Crippen molar-refractivity contribution >= 4 is 11.6 Å². The Morgan fingerprint density at radius 2 is 1.67 bits per heavy atom. The monoisotopic (exact) mass is 453 g/mol. The normalized spacial score (nSPS) is 11.3. The Bertz CT molecular complexity index is 1220. The zero-order valence-corrected chi connectivity index (χ0v) is 17.4. The van der Waals surface area contributed by atoms with Crippen LogP contribution in [0.1, 0.15) is 21.7 Å². The average molecular weight is 453 g/mol. The molecule has 0 radical (unpaired) electrons. The first-order chi connectivity index (χ1) is 15.8. The summed E-state index contributed by atoms with van der Waals surface area (Å²) in [4.78, 5) is 18.2. The summed E-state index contributed by atoms with van der Waals surface area (Å²) in [5.41, 5.74) is 1.29. The molecule has 168 valence electrons. The minimum absolute atomic E-state index is 0.0409. The van der Waals surface area contributed by atoms with Crippen molar-refractivity contribution in [3.05, 3.63) is 95.9 Å². The molecule has 0 aliphatic carbocycles. The number of carbonyl (C=O) groups is 1. The highest BCUT2D eigenvalue weighted by atomic mass is 19.4. The Balaban J connectivity index is 1.52. The highest BCUT2D eigenvalue weighted by Gasteiger charge is 2.40. The van der Waals surface area contributed by atoms with E-state index in [0.29, 0.717) is 16.8 Å². The van der Waals surface area contributed by atoms with Crippen LogP contribution >= 0.6 is 0 Å². The van der Waals surface area contributed by atoms with E-state index in [4.69, 9.17) is 4.74 Å². The molecule has 6 nitrogen and oxygen atoms in total. The van der Waals surface area contributed by atoms with E-state index in [0.717, 1.165) is 0 Å². The lowest BCUT2D eigenvalue weighted by molar-refractivity contribution is -0.156. The van der Waals surface area contributed by atoms with E-state index in [1.54, 1.807) is 49.5 Å². The molecular weight excluding hydrogens is 435 g/mol. The van der Waals surface area contributed by atoms with Crippen LogP contribution in [0, 0.1) is 0 Å². The lowest BCUT2D eigenvalue weighted by Crippen LogP contribution is -2.26. The Labute approximate surface area is 187 Å². The second kappa shape index (κ2) is 9.15. The van der Waals surface area contributed by atoms with Gasteiger partial charge >= 0.3 is 6.18 Å². The van der Waals surface area contributed by atoms with Gasteiger partial charge in [0.1, 0.15) is 12.3 Å². The van der Waals surface area contributed by atoms with Crippen LogP contribution in [0.4, 0.5) is 18.9 Å². The van der Waals surface area contributed by atoms with Gasteiger partial charge in [-0.25, -0.2) is 4.98 Å². The SMILES string of the molecule is CN(C(=O)c1ccc(OCc2c(-c3ccccc3)noc2C(F)(F)F)nc1)c1ccccc1. The molecule has 2 aromatic carbocycles. The zero-order chi connectivity index (χ0) is 23.4. The second-order valence-electron chi connectivity index (χ2n) is 7.08. The number of anilines is 1. The molecule has 0 aliphatic rings. The van der Waals surface area contributed by atoms with Gasteiger partial charge in [-0.3, -0.25) is 4.79 Å². The lowest BCUT2D eigenvalue weighted by Gasteiger charge is -2.17. The number of alkyl halides is 3. The molecule has 0 saturated carbocycles. The number of amides is 1. The molecule has 0 saturated heterocycles. The molecule has 4 aromatic rings. The summed E-state index contributed by atoms with van der Waals surface area (Å²) < 4.78 is 50.3. The number of aromatic nitrogens is 2. The predicted octanol–water partition coefficient (Wildman–Crippen LogP) is 5.61. The summed E-state index contributed by atoms with van der Waals surface area (Å²) >= 11 is 0. The van der Waals surface area contributed by atoms with Crippen LogP contribution in [0.5, 0.6) is 5.88 Å². The van der Waals surface area contributed by atoms with Crippen LogP contribution in [-0.4, -0.2) is 23.1 Å². The molecule has 0 bridgehead atoms. The van der Waals surface area contributed by atoms with Crippen LogP contribution in [0.2, 0.25) is 0 Å². The van der Waals surface area contributed by atoms with Crippen molar-refractivity contribution in [2.75, 3.05) is 11.9 Å². The molecule has 0 spiro atoms. The van der Waals surface area contributed by atoms with Gasteiger partial charge in [0.05, 0.1) is 11.1 Å². The molecule has 9 heteroatoms. The topological polar surface area (TPSA) is 68.5 Å². The van der Waals surface area contributed by atoms with E-state index in [1.807, 2.05) is 18.2 Å². The summed E-state index contributed by atoms with van der Waals surface area (Å²) in [6.45, 7) is -0.465. The fraction of sp³-hybridized carbons (Fsp3) is 0.125. The van der Waals surface area contributed by atoms with Gasteiger partial charge < -0.3 is 14.2 Å². The number of hydrogen-bond acceptors (Lipinski definition) is 5. The zero-order valence-electron chi connectivity index (χ0n) is 17.4. The predicted molar refractivity (Wildman–Crippen MR) is 115 cm³/mol. The second-order valence-corrected chi connectivity index (χ2v) is 7.08. The first kappa shape index (κ1) is 22.1. The third kappa shape index (κ3) is 4.87. The Hall–Kier alpha value is -4.14. The van der Waals surface area contributed by atoms with E-state index in [9.17, 15) is 18.0 Å². The Morgan fingerprint density at radius 1 is 1.00 bits per heavy atom. The summed E-state index contributed by atoms with van der Waals surface area (Å²) in [7, 11) is 1.64. The van der Waals surface area contributed by atoms with Crippen molar-refractivity contribution in [1.29, 1.82) is 0 Å². The number of ether oxygens (including phenoxy) is 1. The maximum Gasteiger partial charge on any atom is 0.452 e. The van der Waals surface area contributed by atoms with E-state index in [1.165, 1.54) is 23.2 Å². The van der Waals surface area contributed by atoms with Gasteiger partial charge in [0.25, 0.3) is 5.91 Å². The van der Waals surface area contributed by atoms with Crippen molar-refractivity contribution in [2.24, 2.45) is 0 Å². The number of carbonyl (C=O) groups excluding carboxylic acids is 1. The summed E-state index contributed by atoms with van der Waals surface area (Å²) in [6, 6.07) is 20.4. The van der Waals surface area contributed by atoms with E-state index in [2.05, 4.69) is 14.7 Å². The average Bonchev–Trinajstić information content (AvgIpc) is 3.28. The number of halogens is 3. The maximum absolute atomic E-state index is 13.4. The van der Waals surface area contributed by atoms with Gasteiger partial charge in [0.2, 0.25) is 11.6 Å². The van der Waals surface area contributed by atoms with Gasteiger partial charge in [0.15, 0.2) is 0 Å². The quantitative estimate of drug-likeness (QED) is 0.380. The van der Waals surface area contributed by atoms with Gasteiger partial charge in [-0.15, -0.1) is 0 Å². The molecule has 0 fully saturated rings. The van der Waals surface area contributed by atoms with E-state index in [-0.39, 0.29) is 23.0 Å². The van der Waals surface area contributed by atoms with Crippen molar-refractivity contribution in [3.8, 4) is 17.1 Å². The summed E-state index contributed by atoms with van der Waals surface area (Å²) in [5.74, 6) is -1.45. The fourth-order valence-corrected chi connectivity index (χ4v) is 3.19. The van der Waals surface area contributed by atoms with Gasteiger partial charge in [-0.05, 0) is 18.2 Å². The molecular formula is C24H18F3N3O3.